The van der Waals surface area contributed by atoms with Crippen molar-refractivity contribution >= 4 is 0 Å². The van der Waals surface area contributed by atoms with Gasteiger partial charge in [0.25, 0.3) is 0 Å². The van der Waals surface area contributed by atoms with Crippen LogP contribution in [-0.2, 0) is 0 Å². The molecule has 0 aliphatic heterocycles. The fraction of sp³-hybridized carbons (Fsp3) is 0.357. The van der Waals surface area contributed by atoms with Gasteiger partial charge in [-0.05, 0) is 23.6 Å². The Bertz CT molecular complexity index is 717. The van der Waals surface area contributed by atoms with Crippen molar-refractivity contribution in [1.29, 1.82) is 5.26 Å². The molecule has 0 bridgehead atoms. The Morgan fingerprint density at radius 1 is 1.30 bits per heavy atom. The van der Waals surface area contributed by atoms with Crippen LogP contribution in [0.2, 0.25) is 0 Å². The SMILES string of the molecule is CC1(C)C(C#N)C1c1nc(-c2ccc(F)c(F)c2)no1. The number of hydrogen-bond acceptors (Lipinski definition) is 4. The van der Waals surface area contributed by atoms with Crippen molar-refractivity contribution in [3.63, 3.8) is 0 Å². The molecule has 1 aromatic heterocycles. The van der Waals surface area contributed by atoms with Gasteiger partial charge >= 0.3 is 0 Å². The Labute approximate surface area is 114 Å². The summed E-state index contributed by atoms with van der Waals surface area (Å²) < 4.78 is 31.2. The number of nitrogens with zero attached hydrogens (tertiary/aromatic N) is 3. The van der Waals surface area contributed by atoms with Crippen LogP contribution in [0.1, 0.15) is 25.7 Å². The average Bonchev–Trinajstić information content (AvgIpc) is 2.76. The maximum Gasteiger partial charge on any atom is 0.232 e. The Morgan fingerprint density at radius 2 is 2.05 bits per heavy atom. The molecule has 1 aliphatic rings. The van der Waals surface area contributed by atoms with Crippen molar-refractivity contribution in [3.05, 3.63) is 35.7 Å². The predicted octanol–water partition coefficient (Wildman–Crippen LogP) is 3.28. The van der Waals surface area contributed by atoms with Crippen LogP contribution >= 0.6 is 0 Å². The average molecular weight is 275 g/mol. The standard InChI is InChI=1S/C14H11F2N3O/c1-14(2)8(6-17)11(14)13-18-12(19-20-13)7-3-4-9(15)10(16)5-7/h3-5,8,11H,1-2H3. The van der Waals surface area contributed by atoms with E-state index in [1.807, 2.05) is 13.8 Å². The largest absolute Gasteiger partial charge is 0.339 e. The first-order valence-electron chi connectivity index (χ1n) is 6.14. The zero-order chi connectivity index (χ0) is 14.5. The third-order valence-electron chi connectivity index (χ3n) is 3.85. The highest BCUT2D eigenvalue weighted by Gasteiger charge is 2.62. The van der Waals surface area contributed by atoms with Gasteiger partial charge in [0.2, 0.25) is 11.7 Å². The molecule has 0 saturated heterocycles. The molecule has 2 unspecified atom stereocenters. The molecular formula is C14H11F2N3O. The van der Waals surface area contributed by atoms with Gasteiger partial charge in [0.05, 0.1) is 17.9 Å². The zero-order valence-electron chi connectivity index (χ0n) is 10.9. The minimum Gasteiger partial charge on any atom is -0.339 e. The molecule has 0 spiro atoms. The lowest BCUT2D eigenvalue weighted by atomic mass is 10.1. The van der Waals surface area contributed by atoms with Gasteiger partial charge in [-0.2, -0.15) is 10.2 Å². The fourth-order valence-corrected chi connectivity index (χ4v) is 2.45. The van der Waals surface area contributed by atoms with Crippen molar-refractivity contribution in [2.24, 2.45) is 11.3 Å². The van der Waals surface area contributed by atoms with Crippen LogP contribution < -0.4 is 0 Å². The summed E-state index contributed by atoms with van der Waals surface area (Å²) >= 11 is 0. The van der Waals surface area contributed by atoms with E-state index >= 15 is 0 Å². The molecule has 3 rings (SSSR count). The van der Waals surface area contributed by atoms with Crippen LogP contribution in [0, 0.1) is 34.3 Å². The molecule has 2 aromatic rings. The highest BCUT2D eigenvalue weighted by Crippen LogP contribution is 2.63. The minimum absolute atomic E-state index is 0.112. The predicted molar refractivity (Wildman–Crippen MR) is 65.3 cm³/mol. The Hall–Kier alpha value is -2.29. The van der Waals surface area contributed by atoms with Gasteiger partial charge in [0.1, 0.15) is 0 Å². The Morgan fingerprint density at radius 3 is 2.65 bits per heavy atom. The van der Waals surface area contributed by atoms with Crippen LogP contribution in [0.4, 0.5) is 8.78 Å². The van der Waals surface area contributed by atoms with E-state index in [-0.39, 0.29) is 23.1 Å². The summed E-state index contributed by atoms with van der Waals surface area (Å²) in [6.45, 7) is 3.90. The monoisotopic (exact) mass is 275 g/mol. The number of benzene rings is 1. The highest BCUT2D eigenvalue weighted by molar-refractivity contribution is 5.54. The first kappa shape index (κ1) is 12.7. The second-order valence-corrected chi connectivity index (χ2v) is 5.49. The summed E-state index contributed by atoms with van der Waals surface area (Å²) in [6.07, 6.45) is 0. The zero-order valence-corrected chi connectivity index (χ0v) is 10.9. The quantitative estimate of drug-likeness (QED) is 0.843. The molecule has 20 heavy (non-hydrogen) atoms. The number of hydrogen-bond donors (Lipinski definition) is 0. The van der Waals surface area contributed by atoms with Crippen LogP contribution in [0.3, 0.4) is 0 Å². The maximum atomic E-state index is 13.2. The van der Waals surface area contributed by atoms with Crippen LogP contribution in [0.15, 0.2) is 22.7 Å². The van der Waals surface area contributed by atoms with Crippen LogP contribution in [-0.4, -0.2) is 10.1 Å². The van der Waals surface area contributed by atoms with E-state index in [4.69, 9.17) is 9.78 Å². The van der Waals surface area contributed by atoms with Gasteiger partial charge in [-0.15, -0.1) is 0 Å². The van der Waals surface area contributed by atoms with Gasteiger partial charge in [-0.25, -0.2) is 8.78 Å². The van der Waals surface area contributed by atoms with Crippen molar-refractivity contribution in [2.75, 3.05) is 0 Å². The van der Waals surface area contributed by atoms with E-state index in [0.717, 1.165) is 12.1 Å². The molecule has 0 radical (unpaired) electrons. The second kappa shape index (κ2) is 4.10. The van der Waals surface area contributed by atoms with E-state index in [9.17, 15) is 8.78 Å². The normalized spacial score (nSPS) is 23.4. The summed E-state index contributed by atoms with van der Waals surface area (Å²) in [6, 6.07) is 5.62. The molecule has 4 nitrogen and oxygen atoms in total. The lowest BCUT2D eigenvalue weighted by Crippen LogP contribution is -1.91. The molecule has 1 heterocycles. The smallest absolute Gasteiger partial charge is 0.232 e. The molecule has 102 valence electrons. The first-order valence-corrected chi connectivity index (χ1v) is 6.14. The summed E-state index contributed by atoms with van der Waals surface area (Å²) in [5, 5.41) is 12.8. The Balaban J connectivity index is 1.92. The maximum absolute atomic E-state index is 13.2. The van der Waals surface area contributed by atoms with Gasteiger partial charge in [-0.3, -0.25) is 0 Å². The molecule has 1 aromatic carbocycles. The van der Waals surface area contributed by atoms with Crippen LogP contribution in [0.5, 0.6) is 0 Å². The van der Waals surface area contributed by atoms with Crippen molar-refractivity contribution in [1.82, 2.24) is 10.1 Å². The lowest BCUT2D eigenvalue weighted by molar-refractivity contribution is 0.368. The summed E-state index contributed by atoms with van der Waals surface area (Å²) in [5.41, 5.74) is 0.137. The topological polar surface area (TPSA) is 62.7 Å². The number of halogens is 2. The Kier molecular flexibility index (Phi) is 2.61. The van der Waals surface area contributed by atoms with Gasteiger partial charge < -0.3 is 4.52 Å². The van der Waals surface area contributed by atoms with Gasteiger partial charge in [0, 0.05) is 5.56 Å². The number of rotatable bonds is 2. The molecule has 1 fully saturated rings. The number of aromatic nitrogens is 2. The highest BCUT2D eigenvalue weighted by atomic mass is 19.2. The molecule has 1 aliphatic carbocycles. The first-order chi connectivity index (χ1) is 9.45. The summed E-state index contributed by atoms with van der Waals surface area (Å²) in [7, 11) is 0. The third kappa shape index (κ3) is 1.78. The van der Waals surface area contributed by atoms with E-state index in [2.05, 4.69) is 16.2 Å². The molecule has 2 atom stereocenters. The molecule has 6 heteroatoms. The summed E-state index contributed by atoms with van der Waals surface area (Å²) in [5.74, 6) is -1.61. The van der Waals surface area contributed by atoms with Crippen molar-refractivity contribution in [3.8, 4) is 17.5 Å². The minimum atomic E-state index is -0.962. The lowest BCUT2D eigenvalue weighted by Gasteiger charge is -1.96. The molecule has 0 amide bonds. The molecular weight excluding hydrogens is 264 g/mol. The molecule has 0 N–H and O–H groups in total. The van der Waals surface area contributed by atoms with Crippen molar-refractivity contribution < 1.29 is 13.3 Å². The molecule has 1 saturated carbocycles. The third-order valence-corrected chi connectivity index (χ3v) is 3.85. The van der Waals surface area contributed by atoms with E-state index in [1.165, 1.54) is 6.07 Å². The van der Waals surface area contributed by atoms with E-state index < -0.39 is 11.6 Å². The van der Waals surface area contributed by atoms with Gasteiger partial charge in [-0.1, -0.05) is 19.0 Å². The van der Waals surface area contributed by atoms with E-state index in [1.54, 1.807) is 0 Å². The van der Waals surface area contributed by atoms with Gasteiger partial charge in [0.15, 0.2) is 11.6 Å². The number of nitriles is 1. The fourth-order valence-electron chi connectivity index (χ4n) is 2.45. The summed E-state index contributed by atoms with van der Waals surface area (Å²) in [4.78, 5) is 4.19. The van der Waals surface area contributed by atoms with Crippen LogP contribution in [0.25, 0.3) is 11.4 Å². The van der Waals surface area contributed by atoms with E-state index in [0.29, 0.717) is 11.5 Å². The van der Waals surface area contributed by atoms with Crippen molar-refractivity contribution in [2.45, 2.75) is 19.8 Å². The second-order valence-electron chi connectivity index (χ2n) is 5.49.